The minimum absolute atomic E-state index is 0.0802. The highest BCUT2D eigenvalue weighted by Crippen LogP contribution is 2.19. The quantitative estimate of drug-likeness (QED) is 0.902. The van der Waals surface area contributed by atoms with Crippen molar-refractivity contribution in [3.05, 3.63) is 35.8 Å². The molecule has 7 nitrogen and oxygen atoms in total. The summed E-state index contributed by atoms with van der Waals surface area (Å²) in [6.07, 6.45) is 4.01. The van der Waals surface area contributed by atoms with Gasteiger partial charge in [-0.2, -0.15) is 10.2 Å². The van der Waals surface area contributed by atoms with Crippen LogP contribution in [-0.2, 0) is 4.79 Å². The molecule has 0 bridgehead atoms. The van der Waals surface area contributed by atoms with Crippen LogP contribution in [0.1, 0.15) is 43.6 Å². The number of carbonyl (C=O) groups is 1. The Labute approximate surface area is 148 Å². The Morgan fingerprint density at radius 3 is 2.72 bits per heavy atom. The standard InChI is InChI=1S/C18H26N6O/c1-13-11-14(2)24(22-13)15(3)12-18(25)23-9-6-16(7-10-23)20-17-5-4-8-19-21-17/h4-5,8,11,15-16H,6-7,9-10,12H2,1-3H3,(H,20,21)/t15-/m0/s1. The molecule has 1 aliphatic heterocycles. The lowest BCUT2D eigenvalue weighted by atomic mass is 10.0. The average molecular weight is 342 g/mol. The lowest BCUT2D eigenvalue weighted by Gasteiger charge is -2.33. The second-order valence-corrected chi connectivity index (χ2v) is 6.83. The smallest absolute Gasteiger partial charge is 0.224 e. The van der Waals surface area contributed by atoms with Gasteiger partial charge in [0.2, 0.25) is 5.91 Å². The molecule has 0 saturated carbocycles. The van der Waals surface area contributed by atoms with Gasteiger partial charge in [-0.05, 0) is 51.8 Å². The SMILES string of the molecule is Cc1cc(C)n([C@@H](C)CC(=O)N2CCC(Nc3cccnn3)CC2)n1. The zero-order valence-corrected chi connectivity index (χ0v) is 15.1. The maximum atomic E-state index is 12.6. The van der Waals surface area contributed by atoms with Crippen LogP contribution in [0.3, 0.4) is 0 Å². The number of anilines is 1. The van der Waals surface area contributed by atoms with E-state index >= 15 is 0 Å². The van der Waals surface area contributed by atoms with Crippen molar-refractivity contribution in [3.8, 4) is 0 Å². The lowest BCUT2D eigenvalue weighted by molar-refractivity contribution is -0.132. The summed E-state index contributed by atoms with van der Waals surface area (Å²) in [4.78, 5) is 14.6. The number of amides is 1. The van der Waals surface area contributed by atoms with Crippen molar-refractivity contribution in [2.45, 2.75) is 52.1 Å². The van der Waals surface area contributed by atoms with Crippen LogP contribution in [0.15, 0.2) is 24.4 Å². The van der Waals surface area contributed by atoms with Gasteiger partial charge in [0.15, 0.2) is 0 Å². The molecule has 1 fully saturated rings. The summed E-state index contributed by atoms with van der Waals surface area (Å²) in [7, 11) is 0. The first-order valence-electron chi connectivity index (χ1n) is 8.87. The van der Waals surface area contributed by atoms with Crippen molar-refractivity contribution >= 4 is 11.7 Å². The van der Waals surface area contributed by atoms with E-state index in [9.17, 15) is 4.79 Å². The molecule has 3 rings (SSSR count). The van der Waals surface area contributed by atoms with Crippen LogP contribution in [0.4, 0.5) is 5.82 Å². The van der Waals surface area contributed by atoms with E-state index in [1.54, 1.807) is 6.20 Å². The van der Waals surface area contributed by atoms with Crippen molar-refractivity contribution in [1.29, 1.82) is 0 Å². The Hall–Kier alpha value is -2.44. The van der Waals surface area contributed by atoms with Crippen molar-refractivity contribution in [3.63, 3.8) is 0 Å². The second-order valence-electron chi connectivity index (χ2n) is 6.83. The van der Waals surface area contributed by atoms with Crippen molar-refractivity contribution in [2.24, 2.45) is 0 Å². The van der Waals surface area contributed by atoms with Gasteiger partial charge < -0.3 is 10.2 Å². The van der Waals surface area contributed by atoms with Gasteiger partial charge in [-0.1, -0.05) is 0 Å². The number of rotatable bonds is 5. The number of aryl methyl sites for hydroxylation is 2. The molecule has 0 aliphatic carbocycles. The van der Waals surface area contributed by atoms with Gasteiger partial charge in [-0.25, -0.2) is 0 Å². The maximum Gasteiger partial charge on any atom is 0.224 e. The number of aromatic nitrogens is 4. The van der Waals surface area contributed by atoms with Crippen molar-refractivity contribution in [1.82, 2.24) is 24.9 Å². The van der Waals surface area contributed by atoms with E-state index in [0.717, 1.165) is 43.1 Å². The number of hydrogen-bond acceptors (Lipinski definition) is 5. The lowest BCUT2D eigenvalue weighted by Crippen LogP contribution is -2.43. The Kier molecular flexibility index (Phi) is 5.31. The van der Waals surface area contributed by atoms with Crippen LogP contribution in [0, 0.1) is 13.8 Å². The van der Waals surface area contributed by atoms with Crippen LogP contribution in [-0.4, -0.2) is 49.9 Å². The van der Waals surface area contributed by atoms with E-state index in [0.29, 0.717) is 12.5 Å². The minimum atomic E-state index is 0.0802. The molecule has 7 heteroatoms. The third kappa shape index (κ3) is 4.35. The Morgan fingerprint density at radius 2 is 2.12 bits per heavy atom. The summed E-state index contributed by atoms with van der Waals surface area (Å²) in [5.74, 6) is 1.00. The number of nitrogens with one attached hydrogen (secondary N) is 1. The van der Waals surface area contributed by atoms with E-state index in [1.807, 2.05) is 41.6 Å². The molecule has 0 spiro atoms. The molecule has 0 aromatic carbocycles. The molecule has 1 aliphatic rings. The third-order valence-corrected chi connectivity index (χ3v) is 4.70. The number of carbonyl (C=O) groups excluding carboxylic acids is 1. The third-order valence-electron chi connectivity index (χ3n) is 4.70. The average Bonchev–Trinajstić information content (AvgIpc) is 2.95. The van der Waals surface area contributed by atoms with Crippen LogP contribution in [0.2, 0.25) is 0 Å². The molecule has 1 atom stereocenters. The van der Waals surface area contributed by atoms with E-state index in [4.69, 9.17) is 0 Å². The minimum Gasteiger partial charge on any atom is -0.366 e. The van der Waals surface area contributed by atoms with Crippen LogP contribution >= 0.6 is 0 Å². The highest BCUT2D eigenvalue weighted by Gasteiger charge is 2.24. The second kappa shape index (κ2) is 7.63. The molecule has 2 aromatic rings. The fraction of sp³-hybridized carbons (Fsp3) is 0.556. The van der Waals surface area contributed by atoms with E-state index < -0.39 is 0 Å². The van der Waals surface area contributed by atoms with Gasteiger partial charge in [0.05, 0.1) is 11.7 Å². The summed E-state index contributed by atoms with van der Waals surface area (Å²) in [5, 5.41) is 15.8. The Bertz CT molecular complexity index is 706. The summed E-state index contributed by atoms with van der Waals surface area (Å²) >= 11 is 0. The molecule has 3 heterocycles. The van der Waals surface area contributed by atoms with Gasteiger partial charge in [0.25, 0.3) is 0 Å². The summed E-state index contributed by atoms with van der Waals surface area (Å²) < 4.78 is 1.95. The van der Waals surface area contributed by atoms with Crippen LogP contribution in [0.25, 0.3) is 0 Å². The maximum absolute atomic E-state index is 12.6. The molecule has 2 aromatic heterocycles. The van der Waals surface area contributed by atoms with Gasteiger partial charge in [-0.3, -0.25) is 9.48 Å². The predicted octanol–water partition coefficient (Wildman–Crippen LogP) is 2.34. The Balaban J connectivity index is 1.49. The van der Waals surface area contributed by atoms with E-state index in [-0.39, 0.29) is 11.9 Å². The van der Waals surface area contributed by atoms with Gasteiger partial charge in [-0.15, -0.1) is 5.10 Å². The molecule has 25 heavy (non-hydrogen) atoms. The fourth-order valence-corrected chi connectivity index (χ4v) is 3.42. The molecule has 1 amide bonds. The monoisotopic (exact) mass is 342 g/mol. The highest BCUT2D eigenvalue weighted by molar-refractivity contribution is 5.76. The van der Waals surface area contributed by atoms with Crippen molar-refractivity contribution in [2.75, 3.05) is 18.4 Å². The first-order valence-corrected chi connectivity index (χ1v) is 8.87. The summed E-state index contributed by atoms with van der Waals surface area (Å²) in [6, 6.07) is 6.25. The summed E-state index contributed by atoms with van der Waals surface area (Å²) in [5.41, 5.74) is 2.09. The highest BCUT2D eigenvalue weighted by atomic mass is 16.2. The topological polar surface area (TPSA) is 75.9 Å². The number of nitrogens with zero attached hydrogens (tertiary/aromatic N) is 5. The number of likely N-dealkylation sites (tertiary alicyclic amines) is 1. The molecule has 0 unspecified atom stereocenters. The number of hydrogen-bond donors (Lipinski definition) is 1. The first kappa shape index (κ1) is 17.4. The fourth-order valence-electron chi connectivity index (χ4n) is 3.42. The molecule has 134 valence electrons. The summed E-state index contributed by atoms with van der Waals surface area (Å²) in [6.45, 7) is 7.62. The molecular formula is C18H26N6O. The van der Waals surface area contributed by atoms with E-state index in [2.05, 4.69) is 27.5 Å². The Morgan fingerprint density at radius 1 is 1.36 bits per heavy atom. The van der Waals surface area contributed by atoms with Crippen LogP contribution in [0.5, 0.6) is 0 Å². The number of piperidine rings is 1. The molecule has 0 radical (unpaired) electrons. The molecular weight excluding hydrogens is 316 g/mol. The zero-order chi connectivity index (χ0) is 17.8. The molecule has 1 saturated heterocycles. The van der Waals surface area contributed by atoms with Crippen molar-refractivity contribution < 1.29 is 4.79 Å². The largest absolute Gasteiger partial charge is 0.366 e. The van der Waals surface area contributed by atoms with Gasteiger partial charge in [0.1, 0.15) is 5.82 Å². The van der Waals surface area contributed by atoms with Gasteiger partial charge >= 0.3 is 0 Å². The van der Waals surface area contributed by atoms with Gasteiger partial charge in [0, 0.05) is 37.4 Å². The van der Waals surface area contributed by atoms with Crippen LogP contribution < -0.4 is 5.32 Å². The predicted molar refractivity (Wildman–Crippen MR) is 96.3 cm³/mol. The normalized spacial score (nSPS) is 16.7. The first-order chi connectivity index (χ1) is 12.0. The molecule has 1 N–H and O–H groups in total. The zero-order valence-electron chi connectivity index (χ0n) is 15.1. The van der Waals surface area contributed by atoms with E-state index in [1.165, 1.54) is 0 Å².